The fourth-order valence-electron chi connectivity index (χ4n) is 3.21. The first kappa shape index (κ1) is 28.2. The van der Waals surface area contributed by atoms with Crippen LogP contribution in [0.3, 0.4) is 0 Å². The summed E-state index contributed by atoms with van der Waals surface area (Å²) in [5.74, 6) is -0.851. The number of rotatable bonds is 11. The first-order valence-corrected chi connectivity index (χ1v) is 11.2. The van der Waals surface area contributed by atoms with Gasteiger partial charge in [0.1, 0.15) is 17.7 Å². The molecule has 0 fully saturated rings. The van der Waals surface area contributed by atoms with Crippen LogP contribution >= 0.6 is 0 Å². The summed E-state index contributed by atoms with van der Waals surface area (Å²) in [6.07, 6.45) is 2.58. The van der Waals surface area contributed by atoms with Gasteiger partial charge >= 0.3 is 12.1 Å². The maximum Gasteiger partial charge on any atom is 0.410 e. The van der Waals surface area contributed by atoms with Crippen molar-refractivity contribution in [3.05, 3.63) is 0 Å². The third kappa shape index (κ3) is 8.52. The minimum atomic E-state index is -0.732. The first-order valence-electron chi connectivity index (χ1n) is 11.2. The molecule has 30 heavy (non-hydrogen) atoms. The lowest BCUT2D eigenvalue weighted by atomic mass is 9.93. The Hall–Kier alpha value is -1.79. The van der Waals surface area contributed by atoms with Gasteiger partial charge in [0.25, 0.3) is 0 Å². The van der Waals surface area contributed by atoms with Gasteiger partial charge in [-0.2, -0.15) is 0 Å². The summed E-state index contributed by atoms with van der Waals surface area (Å²) in [5, 5.41) is 0. The molecule has 7 heteroatoms. The summed E-state index contributed by atoms with van der Waals surface area (Å²) in [5.41, 5.74) is -0.664. The van der Waals surface area contributed by atoms with Crippen molar-refractivity contribution in [3.8, 4) is 0 Å². The van der Waals surface area contributed by atoms with E-state index in [4.69, 9.17) is 9.47 Å². The highest BCUT2D eigenvalue weighted by Crippen LogP contribution is 2.23. The van der Waals surface area contributed by atoms with Crippen molar-refractivity contribution in [1.82, 2.24) is 9.80 Å². The monoisotopic (exact) mass is 428 g/mol. The Morgan fingerprint density at radius 3 is 1.80 bits per heavy atom. The third-order valence-electron chi connectivity index (χ3n) is 5.47. The molecule has 0 aliphatic heterocycles. The average molecular weight is 429 g/mol. The molecule has 0 radical (unpaired) electrons. The Bertz CT molecular complexity index is 558. The number of carbonyl (C=O) groups is 3. The van der Waals surface area contributed by atoms with Crippen LogP contribution in [0.25, 0.3) is 0 Å². The minimum absolute atomic E-state index is 0.0718. The molecule has 4 atom stereocenters. The predicted octanol–water partition coefficient (Wildman–Crippen LogP) is 4.48. The largest absolute Gasteiger partial charge is 0.464 e. The average Bonchev–Trinajstić information content (AvgIpc) is 2.66. The SMILES string of the molecule is CCCCOC(=O)[C@H](C(C)CC)N(C)C(=O)[C@H](C(C)CC)N(C)C(=O)OC(C)(C)C. The van der Waals surface area contributed by atoms with Crippen molar-refractivity contribution in [2.45, 2.75) is 98.8 Å². The zero-order valence-corrected chi connectivity index (χ0v) is 20.8. The molecule has 0 aromatic heterocycles. The Morgan fingerprint density at radius 2 is 1.37 bits per heavy atom. The summed E-state index contributed by atoms with van der Waals surface area (Å²) in [6.45, 7) is 15.5. The second kappa shape index (κ2) is 12.8. The van der Waals surface area contributed by atoms with Crippen LogP contribution in [0, 0.1) is 11.8 Å². The Kier molecular flexibility index (Phi) is 12.0. The van der Waals surface area contributed by atoms with Gasteiger partial charge in [0.15, 0.2) is 0 Å². The number of hydrogen-bond donors (Lipinski definition) is 0. The van der Waals surface area contributed by atoms with E-state index >= 15 is 0 Å². The highest BCUT2D eigenvalue weighted by atomic mass is 16.6. The molecule has 0 aliphatic carbocycles. The number of likely N-dealkylation sites (N-methyl/N-ethyl adjacent to an activating group) is 2. The molecule has 7 nitrogen and oxygen atoms in total. The summed E-state index contributed by atoms with van der Waals surface area (Å²) < 4.78 is 10.9. The molecule has 0 N–H and O–H groups in total. The van der Waals surface area contributed by atoms with E-state index in [1.165, 1.54) is 9.80 Å². The third-order valence-corrected chi connectivity index (χ3v) is 5.47. The van der Waals surface area contributed by atoms with Crippen LogP contribution in [0.5, 0.6) is 0 Å². The summed E-state index contributed by atoms with van der Waals surface area (Å²) in [4.78, 5) is 41.8. The molecule has 0 aromatic carbocycles. The molecule has 0 bridgehead atoms. The summed E-state index contributed by atoms with van der Waals surface area (Å²) in [6, 6.07) is -1.43. The first-order chi connectivity index (χ1) is 13.8. The Morgan fingerprint density at radius 1 is 0.867 bits per heavy atom. The van der Waals surface area contributed by atoms with E-state index in [0.29, 0.717) is 13.0 Å². The van der Waals surface area contributed by atoms with Gasteiger partial charge in [-0.05, 0) is 39.0 Å². The molecule has 176 valence electrons. The van der Waals surface area contributed by atoms with E-state index in [2.05, 4.69) is 0 Å². The predicted molar refractivity (Wildman–Crippen MR) is 119 cm³/mol. The quantitative estimate of drug-likeness (QED) is 0.358. The van der Waals surface area contributed by atoms with E-state index in [-0.39, 0.29) is 17.7 Å². The summed E-state index contributed by atoms with van der Waals surface area (Å²) >= 11 is 0. The van der Waals surface area contributed by atoms with Crippen molar-refractivity contribution >= 4 is 18.0 Å². The van der Waals surface area contributed by atoms with Gasteiger partial charge in [0.2, 0.25) is 5.91 Å². The van der Waals surface area contributed by atoms with Crippen LogP contribution in [0.1, 0.15) is 81.1 Å². The number of amides is 2. The number of nitrogens with zero attached hydrogens (tertiary/aromatic N) is 2. The standard InChI is InChI=1S/C23H44N2O5/c1-11-14-15-29-21(27)19(17(5)13-3)24(9)20(26)18(16(4)12-2)25(10)22(28)30-23(6,7)8/h16-19H,11-15H2,1-10H3/t16?,17?,18-,19-/m0/s1. The minimum Gasteiger partial charge on any atom is -0.464 e. The van der Waals surface area contributed by atoms with Crippen molar-refractivity contribution in [2.24, 2.45) is 11.8 Å². The van der Waals surface area contributed by atoms with E-state index in [1.54, 1.807) is 34.9 Å². The number of hydrogen-bond acceptors (Lipinski definition) is 5. The van der Waals surface area contributed by atoms with E-state index in [1.807, 2.05) is 34.6 Å². The number of esters is 1. The van der Waals surface area contributed by atoms with Crippen molar-refractivity contribution in [2.75, 3.05) is 20.7 Å². The fourth-order valence-corrected chi connectivity index (χ4v) is 3.21. The van der Waals surface area contributed by atoms with Gasteiger partial charge in [-0.25, -0.2) is 9.59 Å². The van der Waals surface area contributed by atoms with Gasteiger partial charge in [0, 0.05) is 14.1 Å². The molecular formula is C23H44N2O5. The number of carbonyl (C=O) groups excluding carboxylic acids is 3. The number of ether oxygens (including phenoxy) is 2. The molecule has 0 aliphatic rings. The zero-order chi connectivity index (χ0) is 23.6. The molecule has 0 saturated heterocycles. The van der Waals surface area contributed by atoms with Gasteiger partial charge < -0.3 is 14.4 Å². The molecule has 0 rings (SSSR count). The van der Waals surface area contributed by atoms with E-state index in [9.17, 15) is 14.4 Å². The molecule has 0 spiro atoms. The van der Waals surface area contributed by atoms with Crippen LogP contribution in [-0.4, -0.2) is 66.2 Å². The van der Waals surface area contributed by atoms with E-state index < -0.39 is 29.7 Å². The Labute approximate surface area is 183 Å². The second-order valence-electron chi connectivity index (χ2n) is 9.22. The molecule has 2 unspecified atom stereocenters. The lowest BCUT2D eigenvalue weighted by Crippen LogP contribution is -2.57. The van der Waals surface area contributed by atoms with Crippen molar-refractivity contribution in [1.29, 1.82) is 0 Å². The van der Waals surface area contributed by atoms with Crippen molar-refractivity contribution < 1.29 is 23.9 Å². The lowest BCUT2D eigenvalue weighted by molar-refractivity contribution is -0.158. The normalized spacial score (nSPS) is 15.5. The lowest BCUT2D eigenvalue weighted by Gasteiger charge is -2.38. The molecule has 0 saturated carbocycles. The van der Waals surface area contributed by atoms with Gasteiger partial charge in [-0.1, -0.05) is 53.9 Å². The van der Waals surface area contributed by atoms with Crippen LogP contribution in [0.15, 0.2) is 0 Å². The Balaban J connectivity index is 5.75. The summed E-state index contributed by atoms with van der Waals surface area (Å²) in [7, 11) is 3.20. The van der Waals surface area contributed by atoms with Gasteiger partial charge in [-0.15, -0.1) is 0 Å². The van der Waals surface area contributed by atoms with Crippen LogP contribution in [0.4, 0.5) is 4.79 Å². The maximum atomic E-state index is 13.5. The highest BCUT2D eigenvalue weighted by Gasteiger charge is 2.40. The topological polar surface area (TPSA) is 76.2 Å². The number of unbranched alkanes of at least 4 members (excludes halogenated alkanes) is 1. The molecule has 0 aromatic rings. The molecule has 2 amide bonds. The highest BCUT2D eigenvalue weighted by molar-refractivity contribution is 5.90. The second-order valence-corrected chi connectivity index (χ2v) is 9.22. The molecular weight excluding hydrogens is 384 g/mol. The van der Waals surface area contributed by atoms with E-state index in [0.717, 1.165) is 19.3 Å². The molecule has 0 heterocycles. The smallest absolute Gasteiger partial charge is 0.410 e. The van der Waals surface area contributed by atoms with Gasteiger partial charge in [-0.3, -0.25) is 9.69 Å². The van der Waals surface area contributed by atoms with Crippen LogP contribution < -0.4 is 0 Å². The maximum absolute atomic E-state index is 13.5. The van der Waals surface area contributed by atoms with Crippen molar-refractivity contribution in [3.63, 3.8) is 0 Å². The zero-order valence-electron chi connectivity index (χ0n) is 20.8. The fraction of sp³-hybridized carbons (Fsp3) is 0.870. The van der Waals surface area contributed by atoms with Gasteiger partial charge in [0.05, 0.1) is 6.61 Å². The van der Waals surface area contributed by atoms with Crippen LogP contribution in [-0.2, 0) is 19.1 Å². The van der Waals surface area contributed by atoms with Crippen LogP contribution in [0.2, 0.25) is 0 Å².